The van der Waals surface area contributed by atoms with Crippen molar-refractivity contribution in [2.24, 2.45) is 14.1 Å². The molecule has 1 aliphatic heterocycles. The van der Waals surface area contributed by atoms with Crippen molar-refractivity contribution in [2.75, 3.05) is 0 Å². The summed E-state index contributed by atoms with van der Waals surface area (Å²) in [5.41, 5.74) is 4.68. The molecule has 4 heteroatoms. The lowest BCUT2D eigenvalue weighted by Crippen LogP contribution is -2.29. The Balaban J connectivity index is 1.81. The van der Waals surface area contributed by atoms with Crippen molar-refractivity contribution in [2.45, 2.75) is 5.60 Å². The van der Waals surface area contributed by atoms with Gasteiger partial charge in [0.05, 0.1) is 5.56 Å². The standard InChI is InChI=1S/C26H20N2O2/c1-27-15-21(17-9-4-7-13-23(17)27)26(20-12-6-3-11-19(20)25(29)30-26)22-16-28(2)24-14-8-5-10-18(22)24/h3-16H,1-2H3. The van der Waals surface area contributed by atoms with E-state index in [1.54, 1.807) is 0 Å². The van der Waals surface area contributed by atoms with E-state index in [1.807, 2.05) is 62.6 Å². The largest absolute Gasteiger partial charge is 0.440 e. The van der Waals surface area contributed by atoms with Gasteiger partial charge in [-0.2, -0.15) is 0 Å². The van der Waals surface area contributed by atoms with Crippen LogP contribution in [-0.4, -0.2) is 15.1 Å². The molecule has 3 heterocycles. The Kier molecular flexibility index (Phi) is 3.34. The molecule has 0 fully saturated rings. The van der Waals surface area contributed by atoms with E-state index in [0.29, 0.717) is 5.56 Å². The molecule has 0 spiro atoms. The number of hydrogen-bond donors (Lipinski definition) is 0. The number of hydrogen-bond acceptors (Lipinski definition) is 2. The fourth-order valence-corrected chi connectivity index (χ4v) is 5.01. The molecule has 1 aliphatic rings. The van der Waals surface area contributed by atoms with E-state index in [-0.39, 0.29) is 5.97 Å². The zero-order valence-corrected chi connectivity index (χ0v) is 16.8. The number of aromatic nitrogens is 2. The van der Waals surface area contributed by atoms with Gasteiger partial charge in [-0.3, -0.25) is 0 Å². The average molecular weight is 392 g/mol. The molecule has 30 heavy (non-hydrogen) atoms. The van der Waals surface area contributed by atoms with Crippen LogP contribution in [0.5, 0.6) is 0 Å². The van der Waals surface area contributed by atoms with Crippen molar-refractivity contribution in [1.29, 1.82) is 0 Å². The predicted octanol–water partition coefficient (Wildman–Crippen LogP) is 5.13. The molecule has 5 aromatic rings. The summed E-state index contributed by atoms with van der Waals surface area (Å²) in [5.74, 6) is -0.286. The summed E-state index contributed by atoms with van der Waals surface area (Å²) in [6, 6.07) is 24.3. The maximum absolute atomic E-state index is 13.1. The van der Waals surface area contributed by atoms with E-state index in [2.05, 4.69) is 45.8 Å². The van der Waals surface area contributed by atoms with Crippen LogP contribution < -0.4 is 0 Å². The molecule has 0 atom stereocenters. The van der Waals surface area contributed by atoms with Crippen molar-refractivity contribution < 1.29 is 9.53 Å². The van der Waals surface area contributed by atoms with Crippen LogP contribution in [0.1, 0.15) is 27.0 Å². The molecule has 0 N–H and O–H groups in total. The van der Waals surface area contributed by atoms with Gasteiger partial charge < -0.3 is 13.9 Å². The monoisotopic (exact) mass is 392 g/mol. The molecule has 0 bridgehead atoms. The van der Waals surface area contributed by atoms with Gasteiger partial charge in [-0.25, -0.2) is 4.79 Å². The van der Waals surface area contributed by atoms with Crippen LogP contribution in [0, 0.1) is 0 Å². The summed E-state index contributed by atoms with van der Waals surface area (Å²) >= 11 is 0. The lowest BCUT2D eigenvalue weighted by Gasteiger charge is -2.29. The van der Waals surface area contributed by atoms with Gasteiger partial charge in [0.15, 0.2) is 5.60 Å². The summed E-state index contributed by atoms with van der Waals surface area (Å²) in [4.78, 5) is 13.1. The second-order valence-electron chi connectivity index (χ2n) is 7.96. The van der Waals surface area contributed by atoms with Crippen molar-refractivity contribution in [1.82, 2.24) is 9.13 Å². The molecule has 0 radical (unpaired) electrons. The first-order valence-corrected chi connectivity index (χ1v) is 10.0. The zero-order chi connectivity index (χ0) is 20.5. The highest BCUT2D eigenvalue weighted by atomic mass is 16.6. The number of benzene rings is 3. The van der Waals surface area contributed by atoms with Crippen LogP contribution >= 0.6 is 0 Å². The van der Waals surface area contributed by atoms with Gasteiger partial charge in [0, 0.05) is 65.0 Å². The molecule has 0 unspecified atom stereocenters. The number of esters is 1. The van der Waals surface area contributed by atoms with Crippen LogP contribution in [-0.2, 0) is 24.4 Å². The molecule has 6 rings (SSSR count). The fraction of sp³-hybridized carbons (Fsp3) is 0.115. The Morgan fingerprint density at radius 2 is 1.17 bits per heavy atom. The Hall–Kier alpha value is -3.79. The highest BCUT2D eigenvalue weighted by molar-refractivity contribution is 6.00. The van der Waals surface area contributed by atoms with Crippen LogP contribution in [0.3, 0.4) is 0 Å². The van der Waals surface area contributed by atoms with Gasteiger partial charge in [0.25, 0.3) is 0 Å². The highest BCUT2D eigenvalue weighted by Crippen LogP contribution is 2.51. The van der Waals surface area contributed by atoms with E-state index < -0.39 is 5.60 Å². The van der Waals surface area contributed by atoms with Crippen LogP contribution in [0.4, 0.5) is 0 Å². The lowest BCUT2D eigenvalue weighted by molar-refractivity contribution is 0.0259. The third-order valence-corrected chi connectivity index (χ3v) is 6.32. The first kappa shape index (κ1) is 17.1. The number of nitrogens with zero attached hydrogens (tertiary/aromatic N) is 2. The molecular formula is C26H20N2O2. The predicted molar refractivity (Wildman–Crippen MR) is 118 cm³/mol. The minimum Gasteiger partial charge on any atom is -0.440 e. The molecule has 0 amide bonds. The molecule has 146 valence electrons. The molecule has 4 nitrogen and oxygen atoms in total. The molecule has 3 aromatic carbocycles. The van der Waals surface area contributed by atoms with E-state index >= 15 is 0 Å². The van der Waals surface area contributed by atoms with E-state index in [1.165, 1.54) is 0 Å². The molecular weight excluding hydrogens is 372 g/mol. The summed E-state index contributed by atoms with van der Waals surface area (Å²) in [5, 5.41) is 2.16. The highest BCUT2D eigenvalue weighted by Gasteiger charge is 2.51. The van der Waals surface area contributed by atoms with Crippen molar-refractivity contribution in [3.8, 4) is 0 Å². The van der Waals surface area contributed by atoms with E-state index in [9.17, 15) is 4.79 Å². The van der Waals surface area contributed by atoms with Crippen molar-refractivity contribution in [3.63, 3.8) is 0 Å². The maximum Gasteiger partial charge on any atom is 0.340 e. The lowest BCUT2D eigenvalue weighted by atomic mass is 9.79. The Morgan fingerprint density at radius 3 is 1.77 bits per heavy atom. The fourth-order valence-electron chi connectivity index (χ4n) is 5.01. The minimum absolute atomic E-state index is 0.286. The molecule has 0 saturated carbocycles. The van der Waals surface area contributed by atoms with Gasteiger partial charge in [-0.15, -0.1) is 0 Å². The number of carbonyl (C=O) groups excluding carboxylic acids is 1. The zero-order valence-electron chi connectivity index (χ0n) is 16.8. The number of para-hydroxylation sites is 2. The number of carbonyl (C=O) groups is 1. The SMILES string of the molecule is Cn1cc(C2(c3cn(C)c4ccccc34)OC(=O)c3ccccc32)c2ccccc21. The molecule has 0 aliphatic carbocycles. The Bertz CT molecular complexity index is 1390. The number of fused-ring (bicyclic) bond motifs is 3. The number of ether oxygens (including phenoxy) is 1. The first-order valence-electron chi connectivity index (χ1n) is 10.0. The summed E-state index contributed by atoms with van der Waals surface area (Å²) in [6.07, 6.45) is 4.20. The molecule has 2 aromatic heterocycles. The summed E-state index contributed by atoms with van der Waals surface area (Å²) < 4.78 is 10.6. The van der Waals surface area contributed by atoms with Gasteiger partial charge in [0.2, 0.25) is 0 Å². The number of rotatable bonds is 2. The number of aryl methyl sites for hydroxylation is 2. The third kappa shape index (κ3) is 2.03. The van der Waals surface area contributed by atoms with Crippen molar-refractivity contribution >= 4 is 27.8 Å². The van der Waals surface area contributed by atoms with Crippen LogP contribution in [0.25, 0.3) is 21.8 Å². The normalized spacial score (nSPS) is 14.9. The second-order valence-corrected chi connectivity index (χ2v) is 7.96. The van der Waals surface area contributed by atoms with Crippen molar-refractivity contribution in [3.05, 3.63) is 107 Å². The number of cyclic esters (lactones) is 1. The van der Waals surface area contributed by atoms with Gasteiger partial charge in [-0.1, -0.05) is 54.6 Å². The summed E-state index contributed by atoms with van der Waals surface area (Å²) in [7, 11) is 4.07. The maximum atomic E-state index is 13.1. The summed E-state index contributed by atoms with van der Waals surface area (Å²) in [6.45, 7) is 0. The smallest absolute Gasteiger partial charge is 0.340 e. The topological polar surface area (TPSA) is 36.2 Å². The average Bonchev–Trinajstić information content (AvgIpc) is 3.40. The van der Waals surface area contributed by atoms with Crippen LogP contribution in [0.15, 0.2) is 85.2 Å². The minimum atomic E-state index is -1.00. The molecule has 0 saturated heterocycles. The third-order valence-electron chi connectivity index (χ3n) is 6.32. The van der Waals surface area contributed by atoms with Crippen LogP contribution in [0.2, 0.25) is 0 Å². The van der Waals surface area contributed by atoms with Gasteiger partial charge in [-0.05, 0) is 18.2 Å². The quantitative estimate of drug-likeness (QED) is 0.390. The first-order chi connectivity index (χ1) is 14.6. The Labute approximate surface area is 173 Å². The van der Waals surface area contributed by atoms with Gasteiger partial charge >= 0.3 is 5.97 Å². The Morgan fingerprint density at radius 1 is 0.667 bits per heavy atom. The van der Waals surface area contributed by atoms with E-state index in [4.69, 9.17) is 4.74 Å². The van der Waals surface area contributed by atoms with E-state index in [0.717, 1.165) is 38.5 Å². The van der Waals surface area contributed by atoms with Gasteiger partial charge in [0.1, 0.15) is 0 Å². The second kappa shape index (κ2) is 5.86.